The van der Waals surface area contributed by atoms with Crippen molar-refractivity contribution < 1.29 is 5.11 Å². The summed E-state index contributed by atoms with van der Waals surface area (Å²) in [5.41, 5.74) is 1.05. The van der Waals surface area contributed by atoms with Gasteiger partial charge in [-0.2, -0.15) is 0 Å². The molecule has 0 aliphatic carbocycles. The van der Waals surface area contributed by atoms with E-state index in [4.69, 9.17) is 0 Å². The van der Waals surface area contributed by atoms with Crippen LogP contribution in [0.4, 0.5) is 0 Å². The van der Waals surface area contributed by atoms with Crippen LogP contribution in [-0.4, -0.2) is 11.4 Å². The number of thiophene rings is 1. The molecule has 14 heavy (non-hydrogen) atoms. The van der Waals surface area contributed by atoms with E-state index in [9.17, 15) is 5.11 Å². The predicted molar refractivity (Wildman–Crippen MR) is 66.8 cm³/mol. The normalized spacial score (nSPS) is 11.1. The summed E-state index contributed by atoms with van der Waals surface area (Å²) in [5, 5.41) is 10.4. The van der Waals surface area contributed by atoms with Gasteiger partial charge in [-0.3, -0.25) is 0 Å². The number of benzene rings is 1. The lowest BCUT2D eigenvalue weighted by atomic mass is 10.2. The van der Waals surface area contributed by atoms with E-state index in [0.29, 0.717) is 0 Å². The van der Waals surface area contributed by atoms with E-state index >= 15 is 0 Å². The van der Waals surface area contributed by atoms with Crippen LogP contribution in [0.5, 0.6) is 0 Å². The maximum absolute atomic E-state index is 9.28. The zero-order chi connectivity index (χ0) is 10.1. The number of aliphatic hydroxyl groups is 1. The maximum atomic E-state index is 9.28. The van der Waals surface area contributed by atoms with Gasteiger partial charge in [-0.05, 0) is 23.8 Å². The summed E-state index contributed by atoms with van der Waals surface area (Å²) < 4.78 is 2.40. The molecule has 0 aliphatic rings. The Morgan fingerprint density at radius 1 is 1.50 bits per heavy atom. The Morgan fingerprint density at radius 2 is 2.29 bits per heavy atom. The number of hydrogen-bond acceptors (Lipinski definition) is 4. The minimum Gasteiger partial charge on any atom is -0.392 e. The third-order valence-electron chi connectivity index (χ3n) is 2.08. The molecule has 0 saturated carbocycles. The highest BCUT2D eigenvalue weighted by Crippen LogP contribution is 2.37. The van der Waals surface area contributed by atoms with Crippen molar-refractivity contribution in [1.29, 1.82) is 0 Å². The summed E-state index contributed by atoms with van der Waals surface area (Å²) in [6.45, 7) is 0.113. The number of hydrogen-bond donors (Lipinski definition) is 2. The van der Waals surface area contributed by atoms with Gasteiger partial charge >= 0.3 is 0 Å². The van der Waals surface area contributed by atoms with Crippen molar-refractivity contribution in [2.24, 2.45) is 0 Å². The summed E-state index contributed by atoms with van der Waals surface area (Å²) in [6.07, 6.45) is 2.03. The second-order valence-corrected chi connectivity index (χ2v) is 5.55. The molecular formula is C10H10OS3. The van der Waals surface area contributed by atoms with E-state index in [0.717, 1.165) is 15.8 Å². The Morgan fingerprint density at radius 3 is 2.93 bits per heavy atom. The molecule has 2 rings (SSSR count). The molecule has 1 N–H and O–H groups in total. The van der Waals surface area contributed by atoms with Crippen molar-refractivity contribution >= 4 is 45.8 Å². The van der Waals surface area contributed by atoms with Crippen molar-refractivity contribution in [2.45, 2.75) is 15.7 Å². The lowest BCUT2D eigenvalue weighted by molar-refractivity contribution is 0.281. The van der Waals surface area contributed by atoms with E-state index in [1.807, 2.05) is 24.5 Å². The smallest absolute Gasteiger partial charge is 0.0707 e. The lowest BCUT2D eigenvalue weighted by Crippen LogP contribution is -1.81. The SMILES string of the molecule is CSc1sc2cc(S)ccc2c1CO. The van der Waals surface area contributed by atoms with E-state index in [2.05, 4.69) is 12.6 Å². The molecule has 1 aromatic carbocycles. The first-order valence-corrected chi connectivity index (χ1v) is 6.64. The van der Waals surface area contributed by atoms with Gasteiger partial charge in [0.15, 0.2) is 0 Å². The average Bonchev–Trinajstić information content (AvgIpc) is 2.54. The van der Waals surface area contributed by atoms with Crippen LogP contribution in [0.2, 0.25) is 0 Å². The molecule has 0 fully saturated rings. The number of rotatable bonds is 2. The fraction of sp³-hybridized carbons (Fsp3) is 0.200. The first-order chi connectivity index (χ1) is 6.76. The zero-order valence-electron chi connectivity index (χ0n) is 7.65. The molecule has 0 unspecified atom stereocenters. The number of thiol groups is 1. The Kier molecular flexibility index (Phi) is 3.07. The fourth-order valence-corrected chi connectivity index (χ4v) is 3.73. The number of thioether (sulfide) groups is 1. The molecule has 0 radical (unpaired) electrons. The highest BCUT2D eigenvalue weighted by atomic mass is 32.2. The monoisotopic (exact) mass is 242 g/mol. The van der Waals surface area contributed by atoms with Crippen LogP contribution in [0.1, 0.15) is 5.56 Å². The minimum absolute atomic E-state index is 0.113. The van der Waals surface area contributed by atoms with Crippen molar-refractivity contribution in [3.05, 3.63) is 23.8 Å². The van der Waals surface area contributed by atoms with Gasteiger partial charge in [-0.25, -0.2) is 0 Å². The molecule has 1 aromatic heterocycles. The van der Waals surface area contributed by atoms with Gasteiger partial charge in [0, 0.05) is 15.2 Å². The molecule has 1 nitrogen and oxygen atoms in total. The van der Waals surface area contributed by atoms with Gasteiger partial charge in [-0.1, -0.05) is 6.07 Å². The minimum atomic E-state index is 0.113. The molecule has 0 atom stereocenters. The molecule has 0 aliphatic heterocycles. The summed E-state index contributed by atoms with van der Waals surface area (Å²) in [6, 6.07) is 6.03. The van der Waals surface area contributed by atoms with Gasteiger partial charge in [0.05, 0.1) is 10.8 Å². The fourth-order valence-electron chi connectivity index (χ4n) is 1.43. The highest BCUT2D eigenvalue weighted by Gasteiger charge is 2.10. The third-order valence-corrected chi connectivity index (χ3v) is 4.72. The van der Waals surface area contributed by atoms with E-state index in [1.54, 1.807) is 23.1 Å². The first-order valence-electron chi connectivity index (χ1n) is 4.15. The molecular weight excluding hydrogens is 232 g/mol. The summed E-state index contributed by atoms with van der Waals surface area (Å²) in [4.78, 5) is 0.968. The molecule has 0 spiro atoms. The van der Waals surface area contributed by atoms with E-state index < -0.39 is 0 Å². The lowest BCUT2D eigenvalue weighted by Gasteiger charge is -1.96. The van der Waals surface area contributed by atoms with Crippen LogP contribution in [0, 0.1) is 0 Å². The summed E-state index contributed by atoms with van der Waals surface area (Å²) in [5.74, 6) is 0. The van der Waals surface area contributed by atoms with Gasteiger partial charge in [0.25, 0.3) is 0 Å². The van der Waals surface area contributed by atoms with Crippen LogP contribution in [-0.2, 0) is 6.61 Å². The molecule has 0 saturated heterocycles. The van der Waals surface area contributed by atoms with Crippen molar-refractivity contribution in [3.8, 4) is 0 Å². The van der Waals surface area contributed by atoms with Crippen molar-refractivity contribution in [2.75, 3.05) is 6.26 Å². The standard InChI is InChI=1S/C10H10OS3/c1-13-10-8(5-11)7-3-2-6(12)4-9(7)14-10/h2-4,11-12H,5H2,1H3. The molecule has 1 heterocycles. The predicted octanol–water partition coefficient (Wildman–Crippen LogP) is 3.40. The first kappa shape index (κ1) is 10.4. The summed E-state index contributed by atoms with van der Waals surface area (Å²) >= 11 is 7.70. The van der Waals surface area contributed by atoms with Crippen LogP contribution in [0.15, 0.2) is 27.3 Å². The van der Waals surface area contributed by atoms with Crippen LogP contribution < -0.4 is 0 Å². The van der Waals surface area contributed by atoms with E-state index in [1.165, 1.54) is 8.91 Å². The Bertz CT molecular complexity index is 462. The summed E-state index contributed by atoms with van der Waals surface area (Å²) in [7, 11) is 0. The highest BCUT2D eigenvalue weighted by molar-refractivity contribution is 8.00. The van der Waals surface area contributed by atoms with Crippen molar-refractivity contribution in [3.63, 3.8) is 0 Å². The van der Waals surface area contributed by atoms with Gasteiger partial charge in [0.2, 0.25) is 0 Å². The topological polar surface area (TPSA) is 20.2 Å². The van der Waals surface area contributed by atoms with Gasteiger partial charge < -0.3 is 5.11 Å². The van der Waals surface area contributed by atoms with Gasteiger partial charge in [0.1, 0.15) is 0 Å². The number of fused-ring (bicyclic) bond motifs is 1. The molecule has 0 bridgehead atoms. The van der Waals surface area contributed by atoms with Gasteiger partial charge in [-0.15, -0.1) is 35.7 Å². The molecule has 74 valence electrons. The van der Waals surface area contributed by atoms with Crippen LogP contribution in [0.3, 0.4) is 0 Å². The van der Waals surface area contributed by atoms with Crippen LogP contribution >= 0.6 is 35.7 Å². The quantitative estimate of drug-likeness (QED) is 0.622. The van der Waals surface area contributed by atoms with Crippen molar-refractivity contribution in [1.82, 2.24) is 0 Å². The molecule has 2 aromatic rings. The average molecular weight is 242 g/mol. The Balaban J connectivity index is 2.73. The largest absolute Gasteiger partial charge is 0.392 e. The Hall–Kier alpha value is -0.160. The second kappa shape index (κ2) is 4.14. The van der Waals surface area contributed by atoms with E-state index in [-0.39, 0.29) is 6.61 Å². The second-order valence-electron chi connectivity index (χ2n) is 2.91. The molecule has 4 heteroatoms. The number of aliphatic hydroxyl groups excluding tert-OH is 1. The van der Waals surface area contributed by atoms with Crippen LogP contribution in [0.25, 0.3) is 10.1 Å². The zero-order valence-corrected chi connectivity index (χ0v) is 10.2. The molecule has 0 amide bonds. The maximum Gasteiger partial charge on any atom is 0.0707 e. The third kappa shape index (κ3) is 1.67. The Labute approximate surface area is 96.6 Å².